The fourth-order valence-electron chi connectivity index (χ4n) is 3.48. The number of rotatable bonds is 7. The van der Waals surface area contributed by atoms with Crippen LogP contribution in [-0.2, 0) is 24.4 Å². The van der Waals surface area contributed by atoms with Gasteiger partial charge in [0.2, 0.25) is 0 Å². The van der Waals surface area contributed by atoms with E-state index in [0.717, 1.165) is 57.5 Å². The van der Waals surface area contributed by atoms with Gasteiger partial charge in [-0.1, -0.05) is 0 Å². The Hall–Kier alpha value is -1.52. The molecule has 0 aromatic carbocycles. The average molecular weight is 314 g/mol. The lowest BCUT2D eigenvalue weighted by Gasteiger charge is -2.23. The van der Waals surface area contributed by atoms with Crippen LogP contribution in [-0.4, -0.2) is 29.2 Å². The molecule has 1 aliphatic carbocycles. The van der Waals surface area contributed by atoms with Gasteiger partial charge in [-0.3, -0.25) is 4.90 Å². The van der Waals surface area contributed by atoms with Gasteiger partial charge in [0.25, 0.3) is 0 Å². The second kappa shape index (κ2) is 6.93. The summed E-state index contributed by atoms with van der Waals surface area (Å²) in [7, 11) is 0. The van der Waals surface area contributed by atoms with Crippen molar-refractivity contribution in [3.63, 3.8) is 0 Å². The molecule has 1 saturated carbocycles. The van der Waals surface area contributed by atoms with Crippen LogP contribution in [0.4, 0.5) is 0 Å². The highest BCUT2D eigenvalue weighted by Crippen LogP contribution is 2.29. The van der Waals surface area contributed by atoms with Crippen molar-refractivity contribution in [2.24, 2.45) is 11.8 Å². The lowest BCUT2D eigenvalue weighted by atomic mass is 10.1. The molecule has 2 aromatic rings. The molecular formula is C19H26N2O2. The molecule has 1 fully saturated rings. The molecule has 0 saturated heterocycles. The van der Waals surface area contributed by atoms with Gasteiger partial charge in [0.05, 0.1) is 12.8 Å². The van der Waals surface area contributed by atoms with Crippen LogP contribution in [0.25, 0.3) is 0 Å². The Morgan fingerprint density at radius 1 is 1.13 bits per heavy atom. The summed E-state index contributed by atoms with van der Waals surface area (Å²) in [5, 5.41) is 0. The van der Waals surface area contributed by atoms with Gasteiger partial charge in [0.15, 0.2) is 0 Å². The molecule has 4 heteroatoms. The highest BCUT2D eigenvalue weighted by Gasteiger charge is 2.23. The Morgan fingerprint density at radius 3 is 2.91 bits per heavy atom. The molecule has 1 aliphatic heterocycles. The van der Waals surface area contributed by atoms with Crippen LogP contribution >= 0.6 is 0 Å². The molecule has 2 aliphatic rings. The molecule has 0 bridgehead atoms. The zero-order chi connectivity index (χ0) is 15.5. The van der Waals surface area contributed by atoms with Crippen molar-refractivity contribution in [3.05, 3.63) is 48.2 Å². The summed E-state index contributed by atoms with van der Waals surface area (Å²) in [4.78, 5) is 2.50. The van der Waals surface area contributed by atoms with Gasteiger partial charge < -0.3 is 13.7 Å². The molecule has 4 nitrogen and oxygen atoms in total. The van der Waals surface area contributed by atoms with Crippen LogP contribution in [0.15, 0.2) is 41.1 Å². The Morgan fingerprint density at radius 2 is 2.09 bits per heavy atom. The van der Waals surface area contributed by atoms with Crippen LogP contribution in [0.5, 0.6) is 0 Å². The molecule has 0 N–H and O–H groups in total. The summed E-state index contributed by atoms with van der Waals surface area (Å²) in [6.07, 6.45) is 7.85. The van der Waals surface area contributed by atoms with E-state index in [2.05, 4.69) is 33.9 Å². The summed E-state index contributed by atoms with van der Waals surface area (Å²) in [6, 6.07) is 8.43. The van der Waals surface area contributed by atoms with Crippen LogP contribution in [0, 0.1) is 11.8 Å². The van der Waals surface area contributed by atoms with E-state index >= 15 is 0 Å². The van der Waals surface area contributed by atoms with Crippen LogP contribution in [0.3, 0.4) is 0 Å². The maximum Gasteiger partial charge on any atom is 0.117 e. The minimum atomic E-state index is 0.637. The number of furan rings is 1. The number of hydrogen-bond acceptors (Lipinski definition) is 3. The van der Waals surface area contributed by atoms with E-state index in [1.807, 2.05) is 6.07 Å². The van der Waals surface area contributed by atoms with Crippen molar-refractivity contribution in [1.82, 2.24) is 9.47 Å². The van der Waals surface area contributed by atoms with Crippen molar-refractivity contribution < 1.29 is 9.15 Å². The molecule has 0 amide bonds. The summed E-state index contributed by atoms with van der Waals surface area (Å²) in [5.41, 5.74) is 1.40. The maximum atomic E-state index is 5.87. The van der Waals surface area contributed by atoms with E-state index in [9.17, 15) is 0 Å². The monoisotopic (exact) mass is 314 g/mol. The minimum Gasteiger partial charge on any atom is -0.468 e. The third kappa shape index (κ3) is 4.06. The standard InChI is InChI=1S/C19H26N2O2/c1-3-18-13-20(14-19-4-2-9-23-19)11-17(12-21(18)8-1)7-10-22-15-16-5-6-16/h1-4,8-9,16-17H,5-7,10-15H2/t17-/m1/s1. The topological polar surface area (TPSA) is 30.5 Å². The maximum absolute atomic E-state index is 5.87. The third-order valence-corrected chi connectivity index (χ3v) is 4.96. The second-order valence-corrected chi connectivity index (χ2v) is 7.07. The smallest absolute Gasteiger partial charge is 0.117 e. The molecule has 23 heavy (non-hydrogen) atoms. The number of hydrogen-bond donors (Lipinski definition) is 0. The van der Waals surface area contributed by atoms with E-state index in [4.69, 9.17) is 9.15 Å². The molecule has 1 atom stereocenters. The Balaban J connectivity index is 1.37. The van der Waals surface area contributed by atoms with Crippen LogP contribution in [0.2, 0.25) is 0 Å². The summed E-state index contributed by atoms with van der Waals surface area (Å²) >= 11 is 0. The molecule has 2 aromatic heterocycles. The number of fused-ring (bicyclic) bond motifs is 1. The summed E-state index contributed by atoms with van der Waals surface area (Å²) in [5.74, 6) is 2.54. The highest BCUT2D eigenvalue weighted by atomic mass is 16.5. The van der Waals surface area contributed by atoms with E-state index in [-0.39, 0.29) is 0 Å². The first-order valence-corrected chi connectivity index (χ1v) is 8.83. The molecule has 3 heterocycles. The predicted octanol–water partition coefficient (Wildman–Crippen LogP) is 3.53. The normalized spacial score (nSPS) is 22.0. The number of ether oxygens (including phenoxy) is 1. The molecule has 0 unspecified atom stereocenters. The van der Waals surface area contributed by atoms with Gasteiger partial charge in [0, 0.05) is 44.7 Å². The quantitative estimate of drug-likeness (QED) is 0.733. The van der Waals surface area contributed by atoms with Crippen molar-refractivity contribution >= 4 is 0 Å². The third-order valence-electron chi connectivity index (χ3n) is 4.96. The van der Waals surface area contributed by atoms with Gasteiger partial charge in [-0.05, 0) is 55.4 Å². The molecule has 0 radical (unpaired) electrons. The van der Waals surface area contributed by atoms with Crippen LogP contribution in [0.1, 0.15) is 30.7 Å². The van der Waals surface area contributed by atoms with Gasteiger partial charge >= 0.3 is 0 Å². The second-order valence-electron chi connectivity index (χ2n) is 7.07. The Kier molecular flexibility index (Phi) is 4.53. The van der Waals surface area contributed by atoms with Crippen molar-refractivity contribution in [2.75, 3.05) is 19.8 Å². The van der Waals surface area contributed by atoms with Crippen molar-refractivity contribution in [3.8, 4) is 0 Å². The summed E-state index contributed by atoms with van der Waals surface area (Å²) < 4.78 is 13.8. The van der Waals surface area contributed by atoms with Gasteiger partial charge in [-0.2, -0.15) is 0 Å². The number of aromatic nitrogens is 1. The average Bonchev–Trinajstić information content (AvgIpc) is 3.10. The van der Waals surface area contributed by atoms with E-state index in [1.54, 1.807) is 6.26 Å². The molecule has 0 spiro atoms. The first-order valence-electron chi connectivity index (χ1n) is 8.83. The predicted molar refractivity (Wildman–Crippen MR) is 88.9 cm³/mol. The Bertz CT molecular complexity index is 601. The minimum absolute atomic E-state index is 0.637. The fourth-order valence-corrected chi connectivity index (χ4v) is 3.48. The largest absolute Gasteiger partial charge is 0.468 e. The Labute approximate surface area is 138 Å². The van der Waals surface area contributed by atoms with E-state index < -0.39 is 0 Å². The molecule has 4 rings (SSSR count). The lowest BCUT2D eigenvalue weighted by Crippen LogP contribution is -2.28. The zero-order valence-electron chi connectivity index (χ0n) is 13.7. The first-order chi connectivity index (χ1) is 11.4. The SMILES string of the molecule is c1coc(CN2Cc3cccn3C[C@H](CCOCC3CC3)C2)c1. The van der Waals surface area contributed by atoms with Crippen LogP contribution < -0.4 is 0 Å². The summed E-state index contributed by atoms with van der Waals surface area (Å²) in [6.45, 7) is 5.95. The van der Waals surface area contributed by atoms with E-state index in [1.165, 1.54) is 18.5 Å². The zero-order valence-corrected chi connectivity index (χ0v) is 13.7. The van der Waals surface area contributed by atoms with E-state index in [0.29, 0.717) is 5.92 Å². The van der Waals surface area contributed by atoms with Gasteiger partial charge in [-0.15, -0.1) is 0 Å². The molecular weight excluding hydrogens is 288 g/mol. The van der Waals surface area contributed by atoms with Crippen molar-refractivity contribution in [1.29, 1.82) is 0 Å². The van der Waals surface area contributed by atoms with Crippen molar-refractivity contribution in [2.45, 2.75) is 38.9 Å². The first kappa shape index (κ1) is 15.0. The molecule has 124 valence electrons. The van der Waals surface area contributed by atoms with Gasteiger partial charge in [0.1, 0.15) is 5.76 Å². The van der Waals surface area contributed by atoms with Gasteiger partial charge in [-0.25, -0.2) is 0 Å². The fraction of sp³-hybridized carbons (Fsp3) is 0.579. The number of nitrogens with zero attached hydrogens (tertiary/aromatic N) is 2. The highest BCUT2D eigenvalue weighted by molar-refractivity contribution is 5.09. The lowest BCUT2D eigenvalue weighted by molar-refractivity contribution is 0.0999.